The van der Waals surface area contributed by atoms with Gasteiger partial charge < -0.3 is 0 Å². The smallest absolute Gasteiger partial charge is 0.0981 e. The van der Waals surface area contributed by atoms with Crippen LogP contribution in [0.15, 0.2) is 0 Å². The van der Waals surface area contributed by atoms with Gasteiger partial charge in [0.2, 0.25) is 0 Å². The highest BCUT2D eigenvalue weighted by molar-refractivity contribution is 8.06. The summed E-state index contributed by atoms with van der Waals surface area (Å²) in [4.78, 5) is 0. The summed E-state index contributed by atoms with van der Waals surface area (Å²) < 4.78 is 20.4. The Balaban J connectivity index is 3.60. The number of rotatable bonds is 1. The van der Waals surface area contributed by atoms with Gasteiger partial charge in [-0.05, 0) is 0 Å². The first-order valence-electron chi connectivity index (χ1n) is 1.21. The van der Waals surface area contributed by atoms with Crippen LogP contribution in [0.25, 0.3) is 0 Å². The van der Waals surface area contributed by atoms with E-state index in [4.69, 9.17) is 0 Å². The minimum absolute atomic E-state index is 0.235. The maximum absolute atomic E-state index is 9.88. The molecule has 0 aliphatic carbocycles. The van der Waals surface area contributed by atoms with E-state index in [1.165, 1.54) is 6.26 Å². The maximum Gasteiger partial charge on any atom is 0.0981 e. The van der Waals surface area contributed by atoms with Crippen LogP contribution in [0.5, 0.6) is 0 Å². The van der Waals surface area contributed by atoms with E-state index in [9.17, 15) is 8.42 Å². The van der Waals surface area contributed by atoms with Crippen molar-refractivity contribution in [3.8, 4) is 0 Å². The Morgan fingerprint density at radius 3 is 2.33 bits per heavy atom. The van der Waals surface area contributed by atoms with Crippen molar-refractivity contribution >= 4 is 26.8 Å². The summed E-state index contributed by atoms with van der Waals surface area (Å²) in [6.45, 7) is 0. The van der Waals surface area contributed by atoms with Gasteiger partial charge >= 0.3 is 0 Å². The summed E-state index contributed by atoms with van der Waals surface area (Å²) in [5.41, 5.74) is 0. The zero-order valence-electron chi connectivity index (χ0n) is 3.21. The fourth-order valence-corrected chi connectivity index (χ4v) is 0.498. The van der Waals surface area contributed by atoms with Crippen LogP contribution >= 0.6 is 0 Å². The van der Waals surface area contributed by atoms with Crippen molar-refractivity contribution in [1.29, 1.82) is 0 Å². The molecule has 0 aromatic heterocycles. The molecule has 2 nitrogen and oxygen atoms in total. The van der Waals surface area contributed by atoms with E-state index in [1.54, 1.807) is 0 Å². The van der Waals surface area contributed by atoms with E-state index in [1.807, 2.05) is 0 Å². The molecule has 0 aliphatic heterocycles. The molecule has 0 amide bonds. The van der Waals surface area contributed by atoms with Crippen LogP contribution < -0.4 is 0 Å². The molecule has 36 valence electrons. The van der Waals surface area contributed by atoms with Gasteiger partial charge in [0.25, 0.3) is 0 Å². The maximum atomic E-state index is 9.88. The lowest BCUT2D eigenvalue weighted by atomic mass is 11.9. The molecule has 0 rings (SSSR count). The topological polar surface area (TPSA) is 34.1 Å². The third-order valence-electron chi connectivity index (χ3n) is 0.175. The van der Waals surface area contributed by atoms with Crippen molar-refractivity contribution in [3.63, 3.8) is 0 Å². The Labute approximate surface area is 42.1 Å². The lowest BCUT2D eigenvalue weighted by Crippen LogP contribution is -1.81. The normalized spacial score (nSPS) is 12.8. The molecule has 0 heterocycles. The van der Waals surface area contributed by atoms with Crippen molar-refractivity contribution in [1.82, 2.24) is 0 Å². The fraction of sp³-hybridized carbons (Fsp3) is 0.500. The third kappa shape index (κ3) is 4.04. The Morgan fingerprint density at radius 2 is 2.33 bits per heavy atom. The van der Waals surface area contributed by atoms with Crippen LogP contribution in [-0.4, -0.2) is 19.4 Å². The number of hydrogen-bond donors (Lipinski definition) is 0. The lowest BCUT2D eigenvalue weighted by Gasteiger charge is -1.64. The van der Waals surface area contributed by atoms with Gasteiger partial charge in [0.05, 0.1) is 26.8 Å². The molecule has 0 aromatic rings. The van der Waals surface area contributed by atoms with Crippen molar-refractivity contribution < 1.29 is 8.42 Å². The summed E-state index contributed by atoms with van der Waals surface area (Å²) in [6.07, 6.45) is 1.45. The first-order chi connectivity index (χ1) is 2.77. The van der Waals surface area contributed by atoms with E-state index in [0.717, 1.165) is 4.70 Å². The van der Waals surface area contributed by atoms with E-state index in [2.05, 4.69) is 0 Å². The predicted octanol–water partition coefficient (Wildman–Crippen LogP) is -0.662. The molecule has 1 unspecified atom stereocenters. The second-order valence-electron chi connectivity index (χ2n) is 0.691. The molecule has 0 saturated carbocycles. The van der Waals surface area contributed by atoms with Crippen LogP contribution in [0.2, 0.25) is 0 Å². The van der Waals surface area contributed by atoms with Gasteiger partial charge in [0, 0.05) is 6.26 Å². The first kappa shape index (κ1) is 6.04. The Bertz CT molecular complexity index is 102. The van der Waals surface area contributed by atoms with Crippen LogP contribution in [0, 0.1) is 0 Å². The van der Waals surface area contributed by atoms with E-state index in [0.29, 0.717) is 0 Å². The highest BCUT2D eigenvalue weighted by atomic mass is 32.2. The van der Waals surface area contributed by atoms with Gasteiger partial charge in [-0.25, -0.2) is 4.21 Å². The van der Waals surface area contributed by atoms with Crippen molar-refractivity contribution in [2.75, 3.05) is 6.26 Å². The molecule has 0 saturated heterocycles. The van der Waals surface area contributed by atoms with E-state index < -0.39 is 10.8 Å². The van der Waals surface area contributed by atoms with Gasteiger partial charge in [0.15, 0.2) is 0 Å². The highest BCUT2D eigenvalue weighted by Gasteiger charge is 1.71. The molecule has 0 spiro atoms. The standard InChI is InChI=1S/C2H4O2S2/c1-6(4)2-5-3/h2H,1H3. The Hall–Kier alpha value is 0.0400. The van der Waals surface area contributed by atoms with Crippen LogP contribution in [0.3, 0.4) is 0 Å². The highest BCUT2D eigenvalue weighted by Crippen LogP contribution is 1.54. The van der Waals surface area contributed by atoms with Gasteiger partial charge in [-0.2, -0.15) is 0 Å². The van der Waals surface area contributed by atoms with Crippen LogP contribution in [0.4, 0.5) is 0 Å². The van der Waals surface area contributed by atoms with E-state index >= 15 is 0 Å². The minimum Gasteiger partial charge on any atom is -0.254 e. The van der Waals surface area contributed by atoms with Crippen LogP contribution in [0.1, 0.15) is 0 Å². The van der Waals surface area contributed by atoms with Crippen molar-refractivity contribution in [2.45, 2.75) is 0 Å². The van der Waals surface area contributed by atoms with Crippen LogP contribution in [-0.2, 0) is 22.1 Å². The summed E-state index contributed by atoms with van der Waals surface area (Å²) in [7, 11) is -1.04. The Kier molecular flexibility index (Phi) is 3.26. The molecular weight excluding hydrogens is 120 g/mol. The second-order valence-corrected chi connectivity index (χ2v) is 2.65. The first-order valence-corrected chi connectivity index (χ1v) is 3.64. The molecule has 0 fully saturated rings. The molecule has 0 aromatic carbocycles. The predicted molar refractivity (Wildman–Crippen MR) is 28.3 cm³/mol. The largest absolute Gasteiger partial charge is 0.254 e. The average molecular weight is 124 g/mol. The van der Waals surface area contributed by atoms with Crippen molar-refractivity contribution in [3.05, 3.63) is 0 Å². The molecule has 0 aliphatic rings. The monoisotopic (exact) mass is 124 g/mol. The molecular formula is C2H4O2S2. The van der Waals surface area contributed by atoms with Gasteiger partial charge in [-0.15, -0.1) is 0 Å². The number of hydrogen-bond acceptors (Lipinski definition) is 2. The molecule has 0 N–H and O–H groups in total. The van der Waals surface area contributed by atoms with Gasteiger partial charge in [0.1, 0.15) is 0 Å². The van der Waals surface area contributed by atoms with Gasteiger partial charge in [-0.3, -0.25) is 4.21 Å². The second kappa shape index (κ2) is 3.24. The van der Waals surface area contributed by atoms with Gasteiger partial charge in [-0.1, -0.05) is 0 Å². The quantitative estimate of drug-likeness (QED) is 0.435. The summed E-state index contributed by atoms with van der Waals surface area (Å²) in [6, 6.07) is 0. The summed E-state index contributed by atoms with van der Waals surface area (Å²) >= 11 is 0.235. The SMILES string of the molecule is CS(=O)C=S=O. The lowest BCUT2D eigenvalue weighted by molar-refractivity contribution is 0.693. The molecule has 1 atom stereocenters. The summed E-state index contributed by atoms with van der Waals surface area (Å²) in [5, 5.41) is 0. The van der Waals surface area contributed by atoms with E-state index in [-0.39, 0.29) is 11.3 Å². The molecule has 6 heavy (non-hydrogen) atoms. The zero-order valence-corrected chi connectivity index (χ0v) is 4.84. The molecule has 0 radical (unpaired) electrons. The minimum atomic E-state index is -1.04. The Morgan fingerprint density at radius 1 is 1.83 bits per heavy atom. The third-order valence-corrected chi connectivity index (χ3v) is 1.57. The fourth-order valence-electron chi connectivity index (χ4n) is 0.0553. The summed E-state index contributed by atoms with van der Waals surface area (Å²) in [5.74, 6) is 0. The zero-order chi connectivity index (χ0) is 4.99. The molecule has 4 heteroatoms. The molecule has 0 bridgehead atoms. The van der Waals surface area contributed by atoms with Crippen molar-refractivity contribution in [2.24, 2.45) is 0 Å². The average Bonchev–Trinajstić information content (AvgIpc) is 1.35.